The van der Waals surface area contributed by atoms with E-state index in [1.54, 1.807) is 18.6 Å². The van der Waals surface area contributed by atoms with Gasteiger partial charge in [-0.05, 0) is 38.5 Å². The van der Waals surface area contributed by atoms with Crippen LogP contribution in [0.1, 0.15) is 30.6 Å². The molecule has 3 rings (SSSR count). The van der Waals surface area contributed by atoms with Gasteiger partial charge in [-0.15, -0.1) is 0 Å². The van der Waals surface area contributed by atoms with E-state index in [0.717, 1.165) is 50.9 Å². The molecule has 0 radical (unpaired) electrons. The summed E-state index contributed by atoms with van der Waals surface area (Å²) in [7, 11) is 0. The highest BCUT2D eigenvalue weighted by atomic mass is 16.2. The predicted octanol–water partition coefficient (Wildman–Crippen LogP) is 2.07. The van der Waals surface area contributed by atoms with Crippen LogP contribution in [0, 0.1) is 0 Å². The summed E-state index contributed by atoms with van der Waals surface area (Å²) in [6.07, 6.45) is 6.09. The van der Waals surface area contributed by atoms with E-state index in [2.05, 4.69) is 38.6 Å². The first-order chi connectivity index (χ1) is 12.7. The lowest BCUT2D eigenvalue weighted by molar-refractivity contribution is 0.0766. The molecule has 0 aliphatic carbocycles. The Morgan fingerprint density at radius 3 is 2.46 bits per heavy atom. The fourth-order valence-corrected chi connectivity index (χ4v) is 3.20. The van der Waals surface area contributed by atoms with E-state index in [0.29, 0.717) is 12.1 Å². The minimum absolute atomic E-state index is 0.0411. The number of amides is 1. The average molecular weight is 354 g/mol. The lowest BCUT2D eigenvalue weighted by Crippen LogP contribution is -2.35. The second-order valence-electron chi connectivity index (χ2n) is 6.26. The largest absolute Gasteiger partial charge is 0.357 e. The van der Waals surface area contributed by atoms with Gasteiger partial charge in [0.2, 0.25) is 5.95 Å². The molecule has 1 amide bonds. The standard InChI is InChI=1S/C19H26N6O/c1-3-23(4-2)17-8-7-16(15-22-17)18(26)24-11-6-12-25(14-13-24)19-20-9-5-10-21-19/h5,7-10,15H,3-4,6,11-14H2,1-2H3. The lowest BCUT2D eigenvalue weighted by atomic mass is 10.2. The number of rotatable bonds is 5. The van der Waals surface area contributed by atoms with Crippen molar-refractivity contribution in [3.05, 3.63) is 42.4 Å². The van der Waals surface area contributed by atoms with Gasteiger partial charge in [-0.1, -0.05) is 0 Å². The summed E-state index contributed by atoms with van der Waals surface area (Å²) in [5.41, 5.74) is 0.644. The SMILES string of the molecule is CCN(CC)c1ccc(C(=O)N2CCCN(c3ncccn3)CC2)cn1. The maximum absolute atomic E-state index is 12.8. The van der Waals surface area contributed by atoms with Crippen molar-refractivity contribution in [2.75, 3.05) is 49.1 Å². The molecule has 0 spiro atoms. The van der Waals surface area contributed by atoms with Gasteiger partial charge in [0, 0.05) is 57.9 Å². The summed E-state index contributed by atoms with van der Waals surface area (Å²) in [4.78, 5) is 32.1. The molecule has 0 atom stereocenters. The van der Waals surface area contributed by atoms with Crippen LogP contribution in [0.5, 0.6) is 0 Å². The number of hydrogen-bond acceptors (Lipinski definition) is 6. The van der Waals surface area contributed by atoms with Crippen LogP contribution in [0.2, 0.25) is 0 Å². The molecule has 26 heavy (non-hydrogen) atoms. The third kappa shape index (κ3) is 4.09. The summed E-state index contributed by atoms with van der Waals surface area (Å²) in [6, 6.07) is 5.63. The Labute approximate surface area is 154 Å². The Balaban J connectivity index is 1.65. The molecule has 2 aromatic heterocycles. The molecule has 1 aliphatic rings. The van der Waals surface area contributed by atoms with Gasteiger partial charge in [-0.2, -0.15) is 0 Å². The van der Waals surface area contributed by atoms with E-state index in [1.165, 1.54) is 0 Å². The summed E-state index contributed by atoms with van der Waals surface area (Å²) in [6.45, 7) is 9.00. The third-order valence-electron chi connectivity index (χ3n) is 4.70. The smallest absolute Gasteiger partial charge is 0.255 e. The van der Waals surface area contributed by atoms with E-state index in [4.69, 9.17) is 0 Å². The Morgan fingerprint density at radius 1 is 1.04 bits per heavy atom. The van der Waals surface area contributed by atoms with Gasteiger partial charge < -0.3 is 14.7 Å². The normalized spacial score (nSPS) is 14.8. The zero-order valence-electron chi connectivity index (χ0n) is 15.5. The van der Waals surface area contributed by atoms with Crippen molar-refractivity contribution in [2.45, 2.75) is 20.3 Å². The maximum Gasteiger partial charge on any atom is 0.255 e. The van der Waals surface area contributed by atoms with Gasteiger partial charge in [0.15, 0.2) is 0 Å². The zero-order valence-corrected chi connectivity index (χ0v) is 15.5. The van der Waals surface area contributed by atoms with Crippen molar-refractivity contribution in [1.29, 1.82) is 0 Å². The van der Waals surface area contributed by atoms with E-state index in [1.807, 2.05) is 23.1 Å². The first kappa shape index (κ1) is 18.1. The van der Waals surface area contributed by atoms with Crippen molar-refractivity contribution >= 4 is 17.7 Å². The highest BCUT2D eigenvalue weighted by Crippen LogP contribution is 2.15. The molecule has 1 aliphatic heterocycles. The fraction of sp³-hybridized carbons (Fsp3) is 0.474. The van der Waals surface area contributed by atoms with Crippen molar-refractivity contribution < 1.29 is 4.79 Å². The van der Waals surface area contributed by atoms with Crippen LogP contribution in [0.3, 0.4) is 0 Å². The quantitative estimate of drug-likeness (QED) is 0.819. The van der Waals surface area contributed by atoms with Gasteiger partial charge in [0.1, 0.15) is 5.82 Å². The molecule has 0 unspecified atom stereocenters. The van der Waals surface area contributed by atoms with Gasteiger partial charge in [-0.25, -0.2) is 15.0 Å². The second kappa shape index (κ2) is 8.60. The number of aromatic nitrogens is 3. The molecular weight excluding hydrogens is 328 g/mol. The zero-order chi connectivity index (χ0) is 18.4. The third-order valence-corrected chi connectivity index (χ3v) is 4.70. The lowest BCUT2D eigenvalue weighted by Gasteiger charge is -2.23. The molecule has 138 valence electrons. The molecule has 7 heteroatoms. The summed E-state index contributed by atoms with van der Waals surface area (Å²) in [5.74, 6) is 1.68. The molecule has 3 heterocycles. The maximum atomic E-state index is 12.8. The molecule has 7 nitrogen and oxygen atoms in total. The number of pyridine rings is 1. The Bertz CT molecular complexity index is 702. The summed E-state index contributed by atoms with van der Waals surface area (Å²) >= 11 is 0. The van der Waals surface area contributed by atoms with Gasteiger partial charge in [-0.3, -0.25) is 4.79 Å². The highest BCUT2D eigenvalue weighted by Gasteiger charge is 2.21. The van der Waals surface area contributed by atoms with Crippen LogP contribution in [0.25, 0.3) is 0 Å². The van der Waals surface area contributed by atoms with Gasteiger partial charge >= 0.3 is 0 Å². The molecular formula is C19H26N6O. The van der Waals surface area contributed by atoms with E-state index in [9.17, 15) is 4.79 Å². The summed E-state index contributed by atoms with van der Waals surface area (Å²) < 4.78 is 0. The average Bonchev–Trinajstić information content (AvgIpc) is 2.96. The molecule has 0 N–H and O–H groups in total. The molecule has 2 aromatic rings. The summed E-state index contributed by atoms with van der Waals surface area (Å²) in [5, 5.41) is 0. The van der Waals surface area contributed by atoms with Gasteiger partial charge in [0.25, 0.3) is 5.91 Å². The van der Waals surface area contributed by atoms with Crippen molar-refractivity contribution in [1.82, 2.24) is 19.9 Å². The fourth-order valence-electron chi connectivity index (χ4n) is 3.20. The van der Waals surface area contributed by atoms with E-state index < -0.39 is 0 Å². The van der Waals surface area contributed by atoms with E-state index in [-0.39, 0.29) is 5.91 Å². The Kier molecular flexibility index (Phi) is 5.99. The number of nitrogens with zero attached hydrogens (tertiary/aromatic N) is 6. The molecule has 0 bridgehead atoms. The van der Waals surface area contributed by atoms with Crippen LogP contribution in [-0.4, -0.2) is 65.0 Å². The van der Waals surface area contributed by atoms with E-state index >= 15 is 0 Å². The van der Waals surface area contributed by atoms with Crippen molar-refractivity contribution in [3.63, 3.8) is 0 Å². The van der Waals surface area contributed by atoms with Crippen molar-refractivity contribution in [3.8, 4) is 0 Å². The predicted molar refractivity (Wildman–Crippen MR) is 103 cm³/mol. The first-order valence-corrected chi connectivity index (χ1v) is 9.25. The molecule has 0 saturated carbocycles. The van der Waals surface area contributed by atoms with Gasteiger partial charge in [0.05, 0.1) is 5.56 Å². The second-order valence-corrected chi connectivity index (χ2v) is 6.26. The monoisotopic (exact) mass is 354 g/mol. The highest BCUT2D eigenvalue weighted by molar-refractivity contribution is 5.94. The topological polar surface area (TPSA) is 65.5 Å². The molecule has 0 aromatic carbocycles. The number of hydrogen-bond donors (Lipinski definition) is 0. The number of carbonyl (C=O) groups excluding carboxylic acids is 1. The van der Waals surface area contributed by atoms with Crippen LogP contribution < -0.4 is 9.80 Å². The number of anilines is 2. The first-order valence-electron chi connectivity index (χ1n) is 9.25. The molecule has 1 saturated heterocycles. The minimum Gasteiger partial charge on any atom is -0.357 e. The minimum atomic E-state index is 0.0411. The Hall–Kier alpha value is -2.70. The van der Waals surface area contributed by atoms with Crippen LogP contribution in [0.4, 0.5) is 11.8 Å². The number of carbonyl (C=O) groups is 1. The van der Waals surface area contributed by atoms with Crippen LogP contribution in [0.15, 0.2) is 36.8 Å². The van der Waals surface area contributed by atoms with Crippen molar-refractivity contribution in [2.24, 2.45) is 0 Å². The molecule has 1 fully saturated rings. The Morgan fingerprint density at radius 2 is 1.81 bits per heavy atom. The van der Waals surface area contributed by atoms with Crippen LogP contribution >= 0.6 is 0 Å². The van der Waals surface area contributed by atoms with Crippen LogP contribution in [-0.2, 0) is 0 Å².